The SMILES string of the molecule is CC[C@H](C)[C@@H]1NC(=O)[C@@H](CC(C)C)CC(=O)[C@H](CCN)NC(=O)[C@@H](NC(=O)[C@H](CCN)CC(=O)[C@@H](NC(=O)[C@H](CCN)CC(=O)CCCCC(C)C)[C@@H](C)O)CCNC(=O)[C@H]([C@@H](C)O)NC(=O)[C@H](CCN)NC(=O)[C@H](CCN)NC1=O. The van der Waals surface area contributed by atoms with E-state index in [4.69, 9.17) is 28.7 Å². The number of nitrogens with two attached hydrogens (primary N) is 5. The van der Waals surface area contributed by atoms with Crippen molar-refractivity contribution in [2.45, 2.75) is 206 Å². The van der Waals surface area contributed by atoms with Crippen LogP contribution in [-0.4, -0.2) is 169 Å². The Bertz CT molecular complexity index is 2040. The van der Waals surface area contributed by atoms with Crippen LogP contribution < -0.4 is 71.2 Å². The molecule has 81 heavy (non-hydrogen) atoms. The van der Waals surface area contributed by atoms with Gasteiger partial charge in [0.05, 0.1) is 18.2 Å². The smallest absolute Gasteiger partial charge is 0.245 e. The third kappa shape index (κ3) is 27.0. The molecular weight excluding hydrogens is 1050 g/mol. The minimum Gasteiger partial charge on any atom is -0.391 e. The number of carbonyl (C=O) groups is 11. The van der Waals surface area contributed by atoms with E-state index < -0.39 is 163 Å². The van der Waals surface area contributed by atoms with Gasteiger partial charge < -0.3 is 81.4 Å². The van der Waals surface area contributed by atoms with Crippen molar-refractivity contribution in [2.24, 2.45) is 64.2 Å². The molecule has 1 aliphatic heterocycles. The standard InChI is InChI=1S/C55H101N13O13/c1-9-32(6)45-55(81)65-40(17-23-59)51(77)64-41(18-24-60)53(79)68-47(34(8)70)54(80)61-25-19-42(52(78)62-39(16-22-58)43(72)29-37(26-31(4)5)50(76)66-45)63-48(74)36(15-21-57)28-44(73)46(33(7)69)67-49(75)35(14-20-56)27-38(71)13-11-10-12-30(2)3/h30-37,39-42,45-47,69-70H,9-29,56-60H2,1-8H3,(H,61,80)(H,62,78)(H,63,74)(H,64,77)(H,65,81)(H,66,76)(H,67,75)(H,68,79)/t32-,33+,34+,35+,36+,37-,39-,40-,41-,42-,45-,46-,47-/m0/s1. The van der Waals surface area contributed by atoms with E-state index in [0.29, 0.717) is 18.8 Å². The van der Waals surface area contributed by atoms with Crippen molar-refractivity contribution in [3.63, 3.8) is 0 Å². The Hall–Kier alpha value is -5.51. The molecule has 26 heteroatoms. The van der Waals surface area contributed by atoms with Crippen LogP contribution in [0.1, 0.15) is 152 Å². The first-order valence-corrected chi connectivity index (χ1v) is 29.0. The second kappa shape index (κ2) is 39.1. The normalized spacial score (nSPS) is 23.8. The van der Waals surface area contributed by atoms with Gasteiger partial charge in [0.15, 0.2) is 11.6 Å². The lowest BCUT2D eigenvalue weighted by Gasteiger charge is -2.29. The largest absolute Gasteiger partial charge is 0.391 e. The van der Waals surface area contributed by atoms with Gasteiger partial charge in [0.2, 0.25) is 47.3 Å². The summed E-state index contributed by atoms with van der Waals surface area (Å²) in [7, 11) is 0. The Labute approximate surface area is 478 Å². The third-order valence-corrected chi connectivity index (χ3v) is 14.4. The maximum atomic E-state index is 14.5. The fourth-order valence-corrected chi connectivity index (χ4v) is 9.45. The highest BCUT2D eigenvalue weighted by Crippen LogP contribution is 2.21. The molecule has 26 nitrogen and oxygen atoms in total. The fraction of sp³-hybridized carbons (Fsp3) is 0.800. The molecule has 1 aliphatic rings. The van der Waals surface area contributed by atoms with Crippen LogP contribution in [0.15, 0.2) is 0 Å². The lowest BCUT2D eigenvalue weighted by Crippen LogP contribution is -2.60. The second-order valence-corrected chi connectivity index (χ2v) is 22.5. The van der Waals surface area contributed by atoms with E-state index in [0.717, 1.165) is 12.8 Å². The molecule has 0 radical (unpaired) electrons. The average molecular weight is 1150 g/mol. The van der Waals surface area contributed by atoms with Crippen molar-refractivity contribution in [2.75, 3.05) is 39.3 Å². The maximum absolute atomic E-state index is 14.5. The van der Waals surface area contributed by atoms with Crippen LogP contribution in [0, 0.1) is 35.5 Å². The van der Waals surface area contributed by atoms with E-state index in [2.05, 4.69) is 56.4 Å². The lowest BCUT2D eigenvalue weighted by molar-refractivity contribution is -0.137. The molecule has 0 aromatic rings. The van der Waals surface area contributed by atoms with E-state index >= 15 is 0 Å². The Morgan fingerprint density at radius 2 is 1.12 bits per heavy atom. The van der Waals surface area contributed by atoms with Crippen LogP contribution in [0.2, 0.25) is 0 Å². The Morgan fingerprint density at radius 1 is 0.593 bits per heavy atom. The van der Waals surface area contributed by atoms with Gasteiger partial charge in [-0.05, 0) is 116 Å². The average Bonchev–Trinajstić information content (AvgIpc) is 3.42. The molecule has 0 spiro atoms. The van der Waals surface area contributed by atoms with Crippen LogP contribution in [0.25, 0.3) is 0 Å². The summed E-state index contributed by atoms with van der Waals surface area (Å²) >= 11 is 0. The van der Waals surface area contributed by atoms with Crippen molar-refractivity contribution in [3.8, 4) is 0 Å². The van der Waals surface area contributed by atoms with E-state index in [1.807, 2.05) is 13.8 Å². The summed E-state index contributed by atoms with van der Waals surface area (Å²) in [6.07, 6.45) is -1.68. The topological polar surface area (TPSA) is 455 Å². The van der Waals surface area contributed by atoms with E-state index in [9.17, 15) is 63.0 Å². The summed E-state index contributed by atoms with van der Waals surface area (Å²) in [4.78, 5) is 153. The zero-order valence-corrected chi connectivity index (χ0v) is 49.3. The third-order valence-electron chi connectivity index (χ3n) is 14.4. The molecule has 0 unspecified atom stereocenters. The first kappa shape index (κ1) is 73.5. The molecule has 1 saturated heterocycles. The molecule has 0 aromatic heterocycles. The van der Waals surface area contributed by atoms with Crippen LogP contribution in [0.5, 0.6) is 0 Å². The molecular formula is C55H101N13O13. The van der Waals surface area contributed by atoms with Crippen molar-refractivity contribution in [1.29, 1.82) is 0 Å². The highest BCUT2D eigenvalue weighted by atomic mass is 16.3. The highest BCUT2D eigenvalue weighted by Gasteiger charge is 2.38. The molecule has 0 aromatic carbocycles. The van der Waals surface area contributed by atoms with Gasteiger partial charge in [-0.1, -0.05) is 60.8 Å². The molecule has 0 saturated carbocycles. The number of unbranched alkanes of at least 4 members (excludes halogenated alkanes) is 1. The van der Waals surface area contributed by atoms with E-state index in [-0.39, 0.29) is 95.8 Å². The van der Waals surface area contributed by atoms with Crippen LogP contribution in [-0.2, 0) is 52.7 Å². The van der Waals surface area contributed by atoms with Gasteiger partial charge >= 0.3 is 0 Å². The highest BCUT2D eigenvalue weighted by molar-refractivity contribution is 5.99. The minimum absolute atomic E-state index is 0.0606. The number of ketones is 3. The number of amides is 8. The van der Waals surface area contributed by atoms with Gasteiger partial charge in [0.1, 0.15) is 42.0 Å². The molecule has 1 heterocycles. The molecule has 1 rings (SSSR count). The first-order valence-electron chi connectivity index (χ1n) is 29.0. The van der Waals surface area contributed by atoms with Gasteiger partial charge in [-0.15, -0.1) is 0 Å². The Kier molecular flexibility index (Phi) is 35.4. The van der Waals surface area contributed by atoms with Gasteiger partial charge in [0.25, 0.3) is 0 Å². The number of rotatable bonds is 30. The zero-order valence-electron chi connectivity index (χ0n) is 49.3. The summed E-state index contributed by atoms with van der Waals surface area (Å²) in [5, 5.41) is 42.3. The monoisotopic (exact) mass is 1150 g/mol. The van der Waals surface area contributed by atoms with E-state index in [1.165, 1.54) is 13.8 Å². The van der Waals surface area contributed by atoms with Gasteiger partial charge in [-0.3, -0.25) is 52.7 Å². The van der Waals surface area contributed by atoms with Gasteiger partial charge in [-0.2, -0.15) is 0 Å². The summed E-state index contributed by atoms with van der Waals surface area (Å²) < 4.78 is 0. The van der Waals surface area contributed by atoms with Crippen LogP contribution >= 0.6 is 0 Å². The van der Waals surface area contributed by atoms with Crippen LogP contribution in [0.4, 0.5) is 0 Å². The number of aliphatic hydroxyl groups excluding tert-OH is 2. The molecule has 0 bridgehead atoms. The Balaban J connectivity index is 3.84. The molecule has 0 aliphatic carbocycles. The van der Waals surface area contributed by atoms with Crippen molar-refractivity contribution < 1.29 is 63.0 Å². The molecule has 20 N–H and O–H groups in total. The van der Waals surface area contributed by atoms with Gasteiger partial charge in [0, 0.05) is 50.0 Å². The summed E-state index contributed by atoms with van der Waals surface area (Å²) in [5.74, 6) is -11.6. The number of aliphatic hydroxyl groups is 2. The predicted octanol–water partition coefficient (Wildman–Crippen LogP) is -2.56. The van der Waals surface area contributed by atoms with Crippen molar-refractivity contribution in [1.82, 2.24) is 42.5 Å². The summed E-state index contributed by atoms with van der Waals surface area (Å²) in [6, 6.07) is -10.0. The van der Waals surface area contributed by atoms with Crippen molar-refractivity contribution in [3.05, 3.63) is 0 Å². The van der Waals surface area contributed by atoms with Gasteiger partial charge in [-0.25, -0.2) is 0 Å². The molecule has 13 atom stereocenters. The maximum Gasteiger partial charge on any atom is 0.245 e. The molecule has 464 valence electrons. The second-order valence-electron chi connectivity index (χ2n) is 22.5. The molecule has 8 amide bonds. The first-order chi connectivity index (χ1) is 38.2. The summed E-state index contributed by atoms with van der Waals surface area (Å²) in [6.45, 7) is 13.0. The predicted molar refractivity (Wildman–Crippen MR) is 304 cm³/mol. The quantitative estimate of drug-likeness (QED) is 0.0329. The Morgan fingerprint density at radius 3 is 1.64 bits per heavy atom. The summed E-state index contributed by atoms with van der Waals surface area (Å²) in [5.41, 5.74) is 29.4. The molecule has 1 fully saturated rings. The number of Topliss-reactive ketones (excluding diaryl/α,β-unsaturated/α-hetero) is 3. The lowest BCUT2D eigenvalue weighted by atomic mass is 9.88. The number of hydrogen-bond acceptors (Lipinski definition) is 18. The zero-order chi connectivity index (χ0) is 61.5. The van der Waals surface area contributed by atoms with Crippen molar-refractivity contribution >= 4 is 64.6 Å². The number of hydrogen-bond donors (Lipinski definition) is 15. The van der Waals surface area contributed by atoms with Crippen LogP contribution in [0.3, 0.4) is 0 Å². The number of carbonyl (C=O) groups excluding carboxylic acids is 11. The number of nitrogens with one attached hydrogen (secondary N) is 8. The fourth-order valence-electron chi connectivity index (χ4n) is 9.45. The van der Waals surface area contributed by atoms with E-state index in [1.54, 1.807) is 13.8 Å². The minimum atomic E-state index is -1.66.